The summed E-state index contributed by atoms with van der Waals surface area (Å²) in [4.78, 5) is 4.60. The Labute approximate surface area is 158 Å². The molecule has 0 saturated heterocycles. The molecule has 0 aliphatic heterocycles. The number of aromatic nitrogens is 2. The summed E-state index contributed by atoms with van der Waals surface area (Å²) in [6.07, 6.45) is 6.12. The molecular weight excluding hydrogens is 401 g/mol. The van der Waals surface area contributed by atoms with Gasteiger partial charge in [0.1, 0.15) is 0 Å². The minimum atomic E-state index is 0. The SMILES string of the molecule is C/C=C/CCN=C(NCC)NC(C)Cc1c(C)nn(C)c1C.I. The second-order valence-electron chi connectivity index (χ2n) is 5.64. The lowest BCUT2D eigenvalue weighted by Crippen LogP contribution is -2.43. The maximum absolute atomic E-state index is 4.60. The largest absolute Gasteiger partial charge is 0.357 e. The summed E-state index contributed by atoms with van der Waals surface area (Å²) in [7, 11) is 2.00. The van der Waals surface area contributed by atoms with Gasteiger partial charge in [-0.3, -0.25) is 9.67 Å². The summed E-state index contributed by atoms with van der Waals surface area (Å²) in [5, 5.41) is 11.3. The fourth-order valence-corrected chi connectivity index (χ4v) is 2.44. The molecule has 0 spiro atoms. The van der Waals surface area contributed by atoms with Gasteiger partial charge in [0.05, 0.1) is 5.69 Å². The molecule has 1 heterocycles. The minimum absolute atomic E-state index is 0. The van der Waals surface area contributed by atoms with Gasteiger partial charge in [-0.1, -0.05) is 12.2 Å². The zero-order valence-electron chi connectivity index (χ0n) is 15.3. The zero-order valence-corrected chi connectivity index (χ0v) is 17.6. The standard InChI is InChI=1S/C17H31N5.HI/c1-7-9-10-11-19-17(18-8-2)20-13(3)12-16-14(4)21-22(6)15(16)5;/h7,9,13H,8,10-12H2,1-6H3,(H2,18,19,20);1H/b9-7+;. The van der Waals surface area contributed by atoms with Crippen LogP contribution in [0.1, 0.15) is 44.1 Å². The van der Waals surface area contributed by atoms with Gasteiger partial charge >= 0.3 is 0 Å². The number of rotatable bonds is 7. The highest BCUT2D eigenvalue weighted by Gasteiger charge is 2.13. The fraction of sp³-hybridized carbons (Fsp3) is 0.647. The van der Waals surface area contributed by atoms with Crippen molar-refractivity contribution in [1.82, 2.24) is 20.4 Å². The Hall–Kier alpha value is -1.05. The van der Waals surface area contributed by atoms with Crippen LogP contribution in [0.25, 0.3) is 0 Å². The van der Waals surface area contributed by atoms with Crippen molar-refractivity contribution >= 4 is 29.9 Å². The molecule has 1 aromatic rings. The third kappa shape index (κ3) is 7.37. The van der Waals surface area contributed by atoms with E-state index in [4.69, 9.17) is 0 Å². The average Bonchev–Trinajstić information content (AvgIpc) is 2.70. The first-order chi connectivity index (χ1) is 10.5. The summed E-state index contributed by atoms with van der Waals surface area (Å²) in [6, 6.07) is 0.307. The van der Waals surface area contributed by atoms with Crippen LogP contribution in [0.3, 0.4) is 0 Å². The highest BCUT2D eigenvalue weighted by atomic mass is 127. The Kier molecular flexibility index (Phi) is 11.0. The molecule has 2 N–H and O–H groups in total. The predicted molar refractivity (Wildman–Crippen MR) is 110 cm³/mol. The molecule has 1 aromatic heterocycles. The van der Waals surface area contributed by atoms with Crippen molar-refractivity contribution in [3.05, 3.63) is 29.1 Å². The maximum atomic E-state index is 4.60. The summed E-state index contributed by atoms with van der Waals surface area (Å²) < 4.78 is 1.95. The first-order valence-electron chi connectivity index (χ1n) is 8.14. The maximum Gasteiger partial charge on any atom is 0.191 e. The number of allylic oxidation sites excluding steroid dienone is 1. The molecule has 0 amide bonds. The number of halogens is 1. The summed E-state index contributed by atoms with van der Waals surface area (Å²) in [6.45, 7) is 12.2. The van der Waals surface area contributed by atoms with E-state index in [0.717, 1.165) is 37.6 Å². The summed E-state index contributed by atoms with van der Waals surface area (Å²) in [5.41, 5.74) is 3.68. The number of nitrogens with zero attached hydrogens (tertiary/aromatic N) is 3. The molecule has 1 rings (SSSR count). The summed E-state index contributed by atoms with van der Waals surface area (Å²) >= 11 is 0. The van der Waals surface area contributed by atoms with Crippen LogP contribution < -0.4 is 10.6 Å². The van der Waals surface area contributed by atoms with Crippen molar-refractivity contribution in [2.75, 3.05) is 13.1 Å². The van der Waals surface area contributed by atoms with Crippen molar-refractivity contribution in [2.24, 2.45) is 12.0 Å². The third-order valence-corrected chi connectivity index (χ3v) is 3.70. The van der Waals surface area contributed by atoms with Crippen molar-refractivity contribution in [3.63, 3.8) is 0 Å². The van der Waals surface area contributed by atoms with E-state index < -0.39 is 0 Å². The van der Waals surface area contributed by atoms with Crippen LogP contribution in [0.15, 0.2) is 17.1 Å². The summed E-state index contributed by atoms with van der Waals surface area (Å²) in [5.74, 6) is 0.888. The van der Waals surface area contributed by atoms with E-state index in [-0.39, 0.29) is 24.0 Å². The van der Waals surface area contributed by atoms with Crippen LogP contribution in [0.5, 0.6) is 0 Å². The lowest BCUT2D eigenvalue weighted by molar-refractivity contribution is 0.636. The van der Waals surface area contributed by atoms with Crippen LogP contribution in [0, 0.1) is 13.8 Å². The topological polar surface area (TPSA) is 54.2 Å². The highest BCUT2D eigenvalue weighted by molar-refractivity contribution is 14.0. The highest BCUT2D eigenvalue weighted by Crippen LogP contribution is 2.14. The second kappa shape index (κ2) is 11.5. The number of guanidine groups is 1. The lowest BCUT2D eigenvalue weighted by Gasteiger charge is -2.18. The molecule has 0 saturated carbocycles. The smallest absolute Gasteiger partial charge is 0.191 e. The van der Waals surface area contributed by atoms with Crippen LogP contribution in [0.2, 0.25) is 0 Å². The van der Waals surface area contributed by atoms with E-state index in [1.54, 1.807) is 0 Å². The van der Waals surface area contributed by atoms with Crippen LogP contribution in [-0.4, -0.2) is 34.9 Å². The number of hydrogen-bond acceptors (Lipinski definition) is 2. The first kappa shape index (κ1) is 21.9. The Morgan fingerprint density at radius 2 is 2.09 bits per heavy atom. The van der Waals surface area contributed by atoms with Crippen LogP contribution >= 0.6 is 24.0 Å². The molecule has 0 fully saturated rings. The lowest BCUT2D eigenvalue weighted by atomic mass is 10.1. The molecule has 0 aliphatic carbocycles. The number of aliphatic imine (C=N–C) groups is 1. The van der Waals surface area contributed by atoms with E-state index in [9.17, 15) is 0 Å². The monoisotopic (exact) mass is 433 g/mol. The number of nitrogens with one attached hydrogen (secondary N) is 2. The molecule has 132 valence electrons. The Morgan fingerprint density at radius 3 is 2.61 bits per heavy atom. The molecule has 23 heavy (non-hydrogen) atoms. The fourth-order valence-electron chi connectivity index (χ4n) is 2.44. The molecule has 1 atom stereocenters. The quantitative estimate of drug-likeness (QED) is 0.229. The average molecular weight is 433 g/mol. The third-order valence-electron chi connectivity index (χ3n) is 3.70. The van der Waals surface area contributed by atoms with E-state index >= 15 is 0 Å². The van der Waals surface area contributed by atoms with E-state index in [1.807, 2.05) is 18.7 Å². The van der Waals surface area contributed by atoms with Gasteiger partial charge in [0.15, 0.2) is 5.96 Å². The van der Waals surface area contributed by atoms with Crippen molar-refractivity contribution < 1.29 is 0 Å². The Balaban J connectivity index is 0.00000484. The molecule has 0 radical (unpaired) electrons. The number of hydrogen-bond donors (Lipinski definition) is 2. The van der Waals surface area contributed by atoms with Gasteiger partial charge in [0.25, 0.3) is 0 Å². The van der Waals surface area contributed by atoms with Crippen molar-refractivity contribution in [2.45, 2.75) is 53.5 Å². The first-order valence-corrected chi connectivity index (χ1v) is 8.14. The van der Waals surface area contributed by atoms with Crippen molar-refractivity contribution in [1.29, 1.82) is 0 Å². The van der Waals surface area contributed by atoms with E-state index in [1.165, 1.54) is 11.3 Å². The predicted octanol–water partition coefficient (Wildman–Crippen LogP) is 3.11. The van der Waals surface area contributed by atoms with Crippen molar-refractivity contribution in [3.8, 4) is 0 Å². The normalized spacial score (nSPS) is 13.0. The van der Waals surface area contributed by atoms with Gasteiger partial charge in [-0.05, 0) is 53.0 Å². The van der Waals surface area contributed by atoms with E-state index in [0.29, 0.717) is 6.04 Å². The van der Waals surface area contributed by atoms with Gasteiger partial charge < -0.3 is 10.6 Å². The molecule has 5 nitrogen and oxygen atoms in total. The van der Waals surface area contributed by atoms with Gasteiger partial charge in [-0.15, -0.1) is 24.0 Å². The van der Waals surface area contributed by atoms with Gasteiger partial charge in [0, 0.05) is 31.9 Å². The second-order valence-corrected chi connectivity index (χ2v) is 5.64. The van der Waals surface area contributed by atoms with E-state index in [2.05, 4.69) is 60.6 Å². The Bertz CT molecular complexity index is 519. The van der Waals surface area contributed by atoms with Crippen LogP contribution in [-0.2, 0) is 13.5 Å². The van der Waals surface area contributed by atoms with Gasteiger partial charge in [-0.2, -0.15) is 5.10 Å². The molecular formula is C17H32IN5. The molecule has 1 unspecified atom stereocenters. The molecule has 0 aliphatic rings. The minimum Gasteiger partial charge on any atom is -0.357 e. The molecule has 6 heteroatoms. The Morgan fingerprint density at radius 1 is 1.39 bits per heavy atom. The number of aryl methyl sites for hydroxylation is 2. The van der Waals surface area contributed by atoms with Gasteiger partial charge in [0.2, 0.25) is 0 Å². The molecule has 0 aromatic carbocycles. The van der Waals surface area contributed by atoms with Gasteiger partial charge in [-0.25, -0.2) is 0 Å². The molecule has 0 bridgehead atoms. The van der Waals surface area contributed by atoms with Crippen LogP contribution in [0.4, 0.5) is 0 Å². The zero-order chi connectivity index (χ0) is 16.5.